The Morgan fingerprint density at radius 2 is 2.35 bits per heavy atom. The Bertz CT molecular complexity index is 375. The van der Waals surface area contributed by atoms with Gasteiger partial charge in [-0.15, -0.1) is 0 Å². The monoisotopic (exact) mass is 296 g/mol. The molecule has 1 saturated heterocycles. The van der Waals surface area contributed by atoms with Crippen molar-refractivity contribution in [2.24, 2.45) is 0 Å². The standard InChI is InChI=1S/C12H18BBrN2O/c1-13(17)16-7-3-6-12(9-16)15-11-5-2-4-10(14)8-11/h2,4-5,8,12,15,17H,3,6-7,9H2,1H3/t12-/m1/s1. The molecule has 0 aromatic heterocycles. The first-order chi connectivity index (χ1) is 8.15. The molecule has 2 rings (SSSR count). The highest BCUT2D eigenvalue weighted by atomic mass is 79.9. The molecule has 0 unspecified atom stereocenters. The lowest BCUT2D eigenvalue weighted by Gasteiger charge is -2.34. The van der Waals surface area contributed by atoms with Crippen molar-refractivity contribution in [2.45, 2.75) is 25.7 Å². The summed E-state index contributed by atoms with van der Waals surface area (Å²) < 4.78 is 1.09. The normalized spacial score (nSPS) is 21.2. The quantitative estimate of drug-likeness (QED) is 0.841. The Hall–Kier alpha value is -0.515. The molecule has 0 saturated carbocycles. The van der Waals surface area contributed by atoms with Crippen molar-refractivity contribution in [3.8, 4) is 0 Å². The topological polar surface area (TPSA) is 35.5 Å². The van der Waals surface area contributed by atoms with Crippen molar-refractivity contribution in [3.63, 3.8) is 0 Å². The van der Waals surface area contributed by atoms with Gasteiger partial charge in [0, 0.05) is 22.7 Å². The Balaban J connectivity index is 1.94. The van der Waals surface area contributed by atoms with E-state index in [0.717, 1.165) is 36.1 Å². The van der Waals surface area contributed by atoms with E-state index < -0.39 is 0 Å². The third-order valence-electron chi connectivity index (χ3n) is 3.18. The summed E-state index contributed by atoms with van der Waals surface area (Å²) in [5.74, 6) is 0. The molecule has 0 spiro atoms. The van der Waals surface area contributed by atoms with E-state index in [1.54, 1.807) is 0 Å². The van der Waals surface area contributed by atoms with Crippen LogP contribution < -0.4 is 5.32 Å². The highest BCUT2D eigenvalue weighted by molar-refractivity contribution is 9.10. The molecule has 1 aliphatic heterocycles. The predicted molar refractivity (Wildman–Crippen MR) is 76.2 cm³/mol. The van der Waals surface area contributed by atoms with Crippen LogP contribution in [0.4, 0.5) is 5.69 Å². The van der Waals surface area contributed by atoms with Gasteiger partial charge in [-0.05, 0) is 44.4 Å². The largest absolute Gasteiger partial charge is 0.437 e. The fourth-order valence-electron chi connectivity index (χ4n) is 2.28. The molecule has 5 heteroatoms. The molecule has 1 aliphatic rings. The molecule has 3 nitrogen and oxygen atoms in total. The SMILES string of the molecule is CB(O)N1CCC[C@@H](Nc2cccc(Br)c2)C1. The van der Waals surface area contributed by atoms with Crippen LogP contribution >= 0.6 is 15.9 Å². The molecular formula is C12H18BBrN2O. The average Bonchev–Trinajstić information content (AvgIpc) is 2.29. The Kier molecular flexibility index (Phi) is 4.48. The van der Waals surface area contributed by atoms with E-state index in [0.29, 0.717) is 6.04 Å². The molecule has 0 aliphatic carbocycles. The molecule has 0 bridgehead atoms. The highest BCUT2D eigenvalue weighted by Gasteiger charge is 2.24. The number of piperidine rings is 1. The van der Waals surface area contributed by atoms with Crippen molar-refractivity contribution in [1.82, 2.24) is 4.81 Å². The van der Waals surface area contributed by atoms with Crippen LogP contribution in [0.2, 0.25) is 6.82 Å². The van der Waals surface area contributed by atoms with Gasteiger partial charge in [0.25, 0.3) is 0 Å². The van der Waals surface area contributed by atoms with Crippen LogP contribution in [0.15, 0.2) is 28.7 Å². The van der Waals surface area contributed by atoms with Crippen molar-refractivity contribution in [1.29, 1.82) is 0 Å². The van der Waals surface area contributed by atoms with E-state index in [1.807, 2.05) is 19.0 Å². The Labute approximate surface area is 111 Å². The summed E-state index contributed by atoms with van der Waals surface area (Å²) in [7, 11) is -0.345. The van der Waals surface area contributed by atoms with E-state index in [9.17, 15) is 5.02 Å². The van der Waals surface area contributed by atoms with E-state index in [2.05, 4.69) is 38.2 Å². The number of hydrogen-bond donors (Lipinski definition) is 2. The number of benzene rings is 1. The average molecular weight is 297 g/mol. The summed E-state index contributed by atoms with van der Waals surface area (Å²) in [6.07, 6.45) is 2.30. The van der Waals surface area contributed by atoms with E-state index in [4.69, 9.17) is 0 Å². The lowest BCUT2D eigenvalue weighted by atomic mass is 9.82. The lowest BCUT2D eigenvalue weighted by Crippen LogP contribution is -2.48. The first-order valence-electron chi connectivity index (χ1n) is 6.09. The molecule has 0 amide bonds. The molecule has 2 N–H and O–H groups in total. The van der Waals surface area contributed by atoms with Crippen LogP contribution in [0.3, 0.4) is 0 Å². The molecule has 1 heterocycles. The zero-order valence-electron chi connectivity index (χ0n) is 10.1. The number of halogens is 1. The maximum Gasteiger partial charge on any atom is 0.376 e. The van der Waals surface area contributed by atoms with Gasteiger partial charge in [0.2, 0.25) is 0 Å². The summed E-state index contributed by atoms with van der Waals surface area (Å²) in [4.78, 5) is 2.11. The molecule has 92 valence electrons. The zero-order valence-corrected chi connectivity index (χ0v) is 11.7. The van der Waals surface area contributed by atoms with Crippen LogP contribution in [-0.2, 0) is 0 Å². The van der Waals surface area contributed by atoms with Crippen molar-refractivity contribution in [2.75, 3.05) is 18.4 Å². The second kappa shape index (κ2) is 5.89. The van der Waals surface area contributed by atoms with Gasteiger partial charge in [-0.1, -0.05) is 22.0 Å². The first kappa shape index (κ1) is 12.9. The zero-order chi connectivity index (χ0) is 12.3. The van der Waals surface area contributed by atoms with Crippen LogP contribution in [0.1, 0.15) is 12.8 Å². The Morgan fingerprint density at radius 1 is 1.53 bits per heavy atom. The third-order valence-corrected chi connectivity index (χ3v) is 3.67. The minimum atomic E-state index is -0.345. The molecule has 0 radical (unpaired) electrons. The summed E-state index contributed by atoms with van der Waals surface area (Å²) in [6.45, 7) is 3.74. The number of hydrogen-bond acceptors (Lipinski definition) is 3. The number of nitrogens with zero attached hydrogens (tertiary/aromatic N) is 1. The smallest absolute Gasteiger partial charge is 0.376 e. The van der Waals surface area contributed by atoms with Crippen molar-refractivity contribution in [3.05, 3.63) is 28.7 Å². The van der Waals surface area contributed by atoms with Crippen LogP contribution in [0.25, 0.3) is 0 Å². The van der Waals surface area contributed by atoms with E-state index in [-0.39, 0.29) is 7.05 Å². The number of anilines is 1. The summed E-state index contributed by atoms with van der Waals surface area (Å²) in [5, 5.41) is 13.1. The van der Waals surface area contributed by atoms with Crippen LogP contribution in [-0.4, -0.2) is 36.0 Å². The first-order valence-corrected chi connectivity index (χ1v) is 6.88. The van der Waals surface area contributed by atoms with Gasteiger partial charge in [0.1, 0.15) is 0 Å². The van der Waals surface area contributed by atoms with Crippen molar-refractivity contribution < 1.29 is 5.02 Å². The predicted octanol–water partition coefficient (Wildman–Crippen LogP) is 2.44. The highest BCUT2D eigenvalue weighted by Crippen LogP contribution is 2.19. The molecule has 17 heavy (non-hydrogen) atoms. The van der Waals surface area contributed by atoms with E-state index >= 15 is 0 Å². The molecule has 1 aromatic rings. The Morgan fingerprint density at radius 3 is 3.06 bits per heavy atom. The van der Waals surface area contributed by atoms with Gasteiger partial charge in [-0.25, -0.2) is 0 Å². The van der Waals surface area contributed by atoms with E-state index in [1.165, 1.54) is 0 Å². The van der Waals surface area contributed by atoms with Crippen LogP contribution in [0, 0.1) is 0 Å². The summed E-state index contributed by atoms with van der Waals surface area (Å²) in [5.41, 5.74) is 1.14. The van der Waals surface area contributed by atoms with Gasteiger partial charge < -0.3 is 15.2 Å². The second-order valence-electron chi connectivity index (χ2n) is 4.62. The minimum Gasteiger partial charge on any atom is -0.437 e. The van der Waals surface area contributed by atoms with Gasteiger partial charge >= 0.3 is 7.05 Å². The van der Waals surface area contributed by atoms with Crippen LogP contribution in [0.5, 0.6) is 0 Å². The van der Waals surface area contributed by atoms with Gasteiger partial charge in [0.15, 0.2) is 0 Å². The van der Waals surface area contributed by atoms with Gasteiger partial charge in [-0.3, -0.25) is 0 Å². The molecule has 1 atom stereocenters. The summed E-state index contributed by atoms with van der Waals surface area (Å²) >= 11 is 3.47. The maximum absolute atomic E-state index is 9.60. The maximum atomic E-state index is 9.60. The minimum absolute atomic E-state index is 0.345. The number of rotatable bonds is 3. The molecular weight excluding hydrogens is 279 g/mol. The third kappa shape index (κ3) is 3.73. The number of nitrogens with one attached hydrogen (secondary N) is 1. The fraction of sp³-hybridized carbons (Fsp3) is 0.500. The fourth-order valence-corrected chi connectivity index (χ4v) is 2.68. The molecule has 1 fully saturated rings. The van der Waals surface area contributed by atoms with Gasteiger partial charge in [-0.2, -0.15) is 0 Å². The van der Waals surface area contributed by atoms with Gasteiger partial charge in [0.05, 0.1) is 0 Å². The van der Waals surface area contributed by atoms with Crippen molar-refractivity contribution >= 4 is 28.7 Å². The summed E-state index contributed by atoms with van der Waals surface area (Å²) in [6, 6.07) is 8.64. The second-order valence-corrected chi connectivity index (χ2v) is 5.54. The lowest BCUT2D eigenvalue weighted by molar-refractivity contribution is 0.295. The molecule has 1 aromatic carbocycles.